The Bertz CT molecular complexity index is 370. The number of aliphatic carboxylic acids is 1. The van der Waals surface area contributed by atoms with Crippen LogP contribution < -0.4 is 5.32 Å². The third kappa shape index (κ3) is 3.59. The second-order valence-corrected chi connectivity index (χ2v) is 4.76. The van der Waals surface area contributed by atoms with Crippen molar-refractivity contribution in [2.24, 2.45) is 0 Å². The van der Waals surface area contributed by atoms with E-state index in [2.05, 4.69) is 5.32 Å². The molecule has 1 unspecified atom stereocenters. The molecule has 1 aliphatic heterocycles. The van der Waals surface area contributed by atoms with E-state index in [0.29, 0.717) is 19.6 Å². The number of hydrogen-bond donors (Lipinski definition) is 2. The highest BCUT2D eigenvalue weighted by atomic mass is 16.4. The van der Waals surface area contributed by atoms with Crippen molar-refractivity contribution in [3.8, 4) is 0 Å². The van der Waals surface area contributed by atoms with Gasteiger partial charge in [0.2, 0.25) is 5.91 Å². The maximum Gasteiger partial charge on any atom is 0.320 e. The predicted molar refractivity (Wildman–Crippen MR) is 68.7 cm³/mol. The van der Waals surface area contributed by atoms with Crippen LogP contribution in [0.1, 0.15) is 27.2 Å². The fraction of sp³-hybridized carbons (Fsp3) is 0.750. The molecular weight excluding hydrogens is 250 g/mol. The molecule has 1 saturated heterocycles. The van der Waals surface area contributed by atoms with Gasteiger partial charge in [-0.1, -0.05) is 0 Å². The van der Waals surface area contributed by atoms with Gasteiger partial charge in [0, 0.05) is 25.7 Å². The number of carboxylic acids is 1. The van der Waals surface area contributed by atoms with Crippen LogP contribution in [0.25, 0.3) is 0 Å². The molecule has 3 amide bonds. The Kier molecular flexibility index (Phi) is 5.14. The van der Waals surface area contributed by atoms with E-state index in [0.717, 1.165) is 0 Å². The average molecular weight is 271 g/mol. The molecular formula is C12H21N3O4. The molecule has 0 saturated carbocycles. The van der Waals surface area contributed by atoms with Gasteiger partial charge in [-0.25, -0.2) is 4.79 Å². The minimum absolute atomic E-state index is 0.00738. The molecule has 19 heavy (non-hydrogen) atoms. The maximum absolute atomic E-state index is 12.4. The van der Waals surface area contributed by atoms with E-state index in [1.165, 1.54) is 4.90 Å². The fourth-order valence-corrected chi connectivity index (χ4v) is 2.20. The van der Waals surface area contributed by atoms with Gasteiger partial charge in [0.25, 0.3) is 0 Å². The number of carboxylic acid groups (broad SMARTS) is 1. The zero-order valence-corrected chi connectivity index (χ0v) is 11.5. The Morgan fingerprint density at radius 2 is 2.16 bits per heavy atom. The molecule has 0 aliphatic carbocycles. The number of rotatable bonds is 4. The summed E-state index contributed by atoms with van der Waals surface area (Å²) in [6.07, 6.45) is -0.368. The summed E-state index contributed by atoms with van der Waals surface area (Å²) in [5.41, 5.74) is 0. The number of nitrogens with zero attached hydrogens (tertiary/aromatic N) is 2. The molecule has 0 radical (unpaired) electrons. The Balaban J connectivity index is 2.90. The van der Waals surface area contributed by atoms with Crippen molar-refractivity contribution in [1.29, 1.82) is 0 Å². The summed E-state index contributed by atoms with van der Waals surface area (Å²) in [7, 11) is 0. The lowest BCUT2D eigenvalue weighted by Crippen LogP contribution is -2.61. The van der Waals surface area contributed by atoms with Crippen molar-refractivity contribution >= 4 is 17.9 Å². The summed E-state index contributed by atoms with van der Waals surface area (Å²) in [6.45, 7) is 6.85. The van der Waals surface area contributed by atoms with Crippen LogP contribution in [0.2, 0.25) is 0 Å². The monoisotopic (exact) mass is 271 g/mol. The summed E-state index contributed by atoms with van der Waals surface area (Å²) in [5.74, 6) is -1.49. The van der Waals surface area contributed by atoms with Crippen LogP contribution in [0.5, 0.6) is 0 Å². The summed E-state index contributed by atoms with van der Waals surface area (Å²) < 4.78 is 0. The number of carbonyl (C=O) groups is 3. The largest absolute Gasteiger partial charge is 0.481 e. The van der Waals surface area contributed by atoms with Gasteiger partial charge < -0.3 is 20.2 Å². The molecule has 0 spiro atoms. The van der Waals surface area contributed by atoms with Gasteiger partial charge in [-0.3, -0.25) is 9.59 Å². The maximum atomic E-state index is 12.4. The number of amides is 3. The number of piperazine rings is 1. The van der Waals surface area contributed by atoms with Crippen molar-refractivity contribution < 1.29 is 19.5 Å². The van der Waals surface area contributed by atoms with Crippen molar-refractivity contribution in [2.75, 3.05) is 19.6 Å². The second-order valence-electron chi connectivity index (χ2n) is 4.76. The molecule has 1 heterocycles. The first-order chi connectivity index (χ1) is 8.88. The van der Waals surface area contributed by atoms with Crippen LogP contribution >= 0.6 is 0 Å². The molecule has 7 nitrogen and oxygen atoms in total. The zero-order valence-electron chi connectivity index (χ0n) is 11.5. The molecule has 108 valence electrons. The van der Waals surface area contributed by atoms with Crippen LogP contribution in [-0.2, 0) is 9.59 Å². The van der Waals surface area contributed by atoms with Gasteiger partial charge in [-0.15, -0.1) is 0 Å². The molecule has 7 heteroatoms. The van der Waals surface area contributed by atoms with Crippen molar-refractivity contribution in [3.05, 3.63) is 0 Å². The Morgan fingerprint density at radius 1 is 1.53 bits per heavy atom. The quantitative estimate of drug-likeness (QED) is 0.759. The topological polar surface area (TPSA) is 90.0 Å². The molecule has 2 N–H and O–H groups in total. The summed E-state index contributed by atoms with van der Waals surface area (Å²) in [5, 5.41) is 11.5. The summed E-state index contributed by atoms with van der Waals surface area (Å²) >= 11 is 0. The van der Waals surface area contributed by atoms with E-state index >= 15 is 0 Å². The lowest BCUT2D eigenvalue weighted by molar-refractivity contribution is -0.142. The van der Waals surface area contributed by atoms with Crippen molar-refractivity contribution in [3.63, 3.8) is 0 Å². The van der Waals surface area contributed by atoms with Crippen LogP contribution in [0.15, 0.2) is 0 Å². The van der Waals surface area contributed by atoms with Crippen LogP contribution in [-0.4, -0.2) is 64.5 Å². The minimum Gasteiger partial charge on any atom is -0.481 e. The van der Waals surface area contributed by atoms with E-state index in [4.69, 9.17) is 5.11 Å². The number of carbonyl (C=O) groups excluding carboxylic acids is 2. The highest BCUT2D eigenvalue weighted by Gasteiger charge is 2.36. The smallest absolute Gasteiger partial charge is 0.320 e. The van der Waals surface area contributed by atoms with Gasteiger partial charge in [0.05, 0.1) is 6.42 Å². The lowest BCUT2D eigenvalue weighted by Gasteiger charge is -2.38. The Morgan fingerprint density at radius 3 is 2.63 bits per heavy atom. The molecule has 0 aromatic rings. The first-order valence-corrected chi connectivity index (χ1v) is 6.45. The van der Waals surface area contributed by atoms with Gasteiger partial charge in [0.1, 0.15) is 6.04 Å². The minimum atomic E-state index is -1.09. The van der Waals surface area contributed by atoms with Gasteiger partial charge in [0.15, 0.2) is 0 Å². The lowest BCUT2D eigenvalue weighted by atomic mass is 10.1. The zero-order chi connectivity index (χ0) is 14.6. The SMILES string of the molecule is CCN(C(=O)N1CCNC(=O)C1CC(=O)O)C(C)C. The first kappa shape index (κ1) is 15.3. The molecule has 1 aliphatic rings. The number of hydrogen-bond acceptors (Lipinski definition) is 3. The molecule has 0 bridgehead atoms. The van der Waals surface area contributed by atoms with E-state index < -0.39 is 17.9 Å². The highest BCUT2D eigenvalue weighted by Crippen LogP contribution is 2.13. The van der Waals surface area contributed by atoms with Crippen LogP contribution in [0.3, 0.4) is 0 Å². The third-order valence-electron chi connectivity index (χ3n) is 3.15. The molecule has 1 fully saturated rings. The Labute approximate surface area is 112 Å². The van der Waals surface area contributed by atoms with Gasteiger partial charge in [-0.05, 0) is 20.8 Å². The van der Waals surface area contributed by atoms with Crippen molar-refractivity contribution in [2.45, 2.75) is 39.3 Å². The predicted octanol–water partition coefficient (Wildman–Crippen LogP) is 0.112. The first-order valence-electron chi connectivity index (χ1n) is 6.45. The van der Waals surface area contributed by atoms with Gasteiger partial charge >= 0.3 is 12.0 Å². The van der Waals surface area contributed by atoms with Crippen LogP contribution in [0.4, 0.5) is 4.79 Å². The Hall–Kier alpha value is -1.79. The third-order valence-corrected chi connectivity index (χ3v) is 3.15. The van der Waals surface area contributed by atoms with E-state index in [9.17, 15) is 14.4 Å². The molecule has 0 aromatic carbocycles. The molecule has 0 aromatic heterocycles. The van der Waals surface area contributed by atoms with E-state index in [1.54, 1.807) is 4.90 Å². The normalized spacial score (nSPS) is 19.3. The van der Waals surface area contributed by atoms with Crippen LogP contribution in [0, 0.1) is 0 Å². The van der Waals surface area contributed by atoms with Gasteiger partial charge in [-0.2, -0.15) is 0 Å². The van der Waals surface area contributed by atoms with Crippen molar-refractivity contribution in [1.82, 2.24) is 15.1 Å². The number of nitrogens with one attached hydrogen (secondary N) is 1. The standard InChI is InChI=1S/C12H21N3O4/c1-4-14(8(2)3)12(19)15-6-5-13-11(18)9(15)7-10(16)17/h8-9H,4-7H2,1-3H3,(H,13,18)(H,16,17). The highest BCUT2D eigenvalue weighted by molar-refractivity contribution is 5.91. The van der Waals surface area contributed by atoms with E-state index in [-0.39, 0.29) is 18.5 Å². The average Bonchev–Trinajstić information content (AvgIpc) is 2.31. The number of urea groups is 1. The summed E-state index contributed by atoms with van der Waals surface area (Å²) in [6, 6.07) is -1.20. The fourth-order valence-electron chi connectivity index (χ4n) is 2.20. The second kappa shape index (κ2) is 6.40. The molecule has 1 atom stereocenters. The molecule has 1 rings (SSSR count). The summed E-state index contributed by atoms with van der Waals surface area (Å²) in [4.78, 5) is 37.9. The van der Waals surface area contributed by atoms with E-state index in [1.807, 2.05) is 20.8 Å².